The van der Waals surface area contributed by atoms with Crippen LogP contribution in [0.4, 0.5) is 0 Å². The van der Waals surface area contributed by atoms with Crippen molar-refractivity contribution in [3.63, 3.8) is 0 Å². The predicted octanol–water partition coefficient (Wildman–Crippen LogP) is 5.80. The van der Waals surface area contributed by atoms with Crippen molar-refractivity contribution < 1.29 is 4.74 Å². The molecule has 2 heterocycles. The third-order valence-electron chi connectivity index (χ3n) is 5.44. The maximum atomic E-state index is 9.30. The Morgan fingerprint density at radius 2 is 1.86 bits per heavy atom. The Morgan fingerprint density at radius 3 is 2.50 bits per heavy atom. The SMILES string of the molecule is [C-]#[N+]/C(C#N)=C1C=C(/C=C/c2ccc(-n3cccc3)cc2)OC2(CCCC2)C\1. The van der Waals surface area contributed by atoms with Crippen molar-refractivity contribution in [3.8, 4) is 11.8 Å². The van der Waals surface area contributed by atoms with Gasteiger partial charge in [0.1, 0.15) is 11.4 Å². The molecule has 0 N–H and O–H groups in total. The molecule has 2 aromatic rings. The summed E-state index contributed by atoms with van der Waals surface area (Å²) >= 11 is 0. The molecule has 0 radical (unpaired) electrons. The molecular formula is C24H21N3O. The Balaban J connectivity index is 1.59. The van der Waals surface area contributed by atoms with Gasteiger partial charge in [0.15, 0.2) is 0 Å². The summed E-state index contributed by atoms with van der Waals surface area (Å²) < 4.78 is 8.40. The molecule has 0 atom stereocenters. The predicted molar refractivity (Wildman–Crippen MR) is 109 cm³/mol. The van der Waals surface area contributed by atoms with Gasteiger partial charge in [-0.05, 0) is 73.2 Å². The van der Waals surface area contributed by atoms with Crippen LogP contribution in [0.3, 0.4) is 0 Å². The molecule has 0 bridgehead atoms. The number of benzene rings is 1. The highest BCUT2D eigenvalue weighted by atomic mass is 16.5. The van der Waals surface area contributed by atoms with Crippen LogP contribution in [0, 0.1) is 17.9 Å². The van der Waals surface area contributed by atoms with E-state index in [9.17, 15) is 5.26 Å². The maximum absolute atomic E-state index is 9.30. The molecule has 4 heteroatoms. The quantitative estimate of drug-likeness (QED) is 0.508. The molecule has 1 aromatic carbocycles. The minimum Gasteiger partial charge on any atom is -0.487 e. The van der Waals surface area contributed by atoms with Crippen LogP contribution >= 0.6 is 0 Å². The van der Waals surface area contributed by atoms with E-state index >= 15 is 0 Å². The van der Waals surface area contributed by atoms with E-state index in [1.807, 2.05) is 48.8 Å². The molecule has 138 valence electrons. The van der Waals surface area contributed by atoms with Crippen molar-refractivity contribution in [3.05, 3.63) is 95.0 Å². The largest absolute Gasteiger partial charge is 0.487 e. The van der Waals surface area contributed by atoms with E-state index in [-0.39, 0.29) is 11.3 Å². The molecule has 1 aliphatic heterocycles. The van der Waals surface area contributed by atoms with Gasteiger partial charge in [0.05, 0.1) is 12.6 Å². The summed E-state index contributed by atoms with van der Waals surface area (Å²) in [6, 6.07) is 14.3. The number of nitrogens with zero attached hydrogens (tertiary/aromatic N) is 3. The highest BCUT2D eigenvalue weighted by Gasteiger charge is 2.39. The first-order chi connectivity index (χ1) is 13.7. The Morgan fingerprint density at radius 1 is 1.14 bits per heavy atom. The number of hydrogen-bond donors (Lipinski definition) is 0. The minimum absolute atomic E-state index is 0.177. The zero-order chi connectivity index (χ0) is 19.4. The van der Waals surface area contributed by atoms with Crippen molar-refractivity contribution in [1.82, 2.24) is 4.57 Å². The lowest BCUT2D eigenvalue weighted by atomic mass is 9.88. The Hall–Kier alpha value is -3.50. The van der Waals surface area contributed by atoms with Crippen molar-refractivity contribution in [2.45, 2.75) is 37.7 Å². The van der Waals surface area contributed by atoms with Crippen LogP contribution in [-0.4, -0.2) is 10.2 Å². The van der Waals surface area contributed by atoms with E-state index in [2.05, 4.69) is 33.7 Å². The van der Waals surface area contributed by atoms with E-state index in [0.29, 0.717) is 6.42 Å². The Labute approximate surface area is 165 Å². The van der Waals surface area contributed by atoms with E-state index < -0.39 is 0 Å². The fraction of sp³-hybridized carbons (Fsp3) is 0.250. The molecule has 1 saturated carbocycles. The van der Waals surface area contributed by atoms with Gasteiger partial charge in [0.2, 0.25) is 0 Å². The first-order valence-corrected chi connectivity index (χ1v) is 9.54. The van der Waals surface area contributed by atoms with Crippen LogP contribution < -0.4 is 0 Å². The second-order valence-electron chi connectivity index (χ2n) is 7.33. The molecule has 1 spiro atoms. The van der Waals surface area contributed by atoms with Crippen LogP contribution in [0.1, 0.15) is 37.7 Å². The lowest BCUT2D eigenvalue weighted by molar-refractivity contribution is 0.00776. The first-order valence-electron chi connectivity index (χ1n) is 9.54. The fourth-order valence-electron chi connectivity index (χ4n) is 4.03. The topological polar surface area (TPSA) is 42.3 Å². The van der Waals surface area contributed by atoms with E-state index in [0.717, 1.165) is 48.3 Å². The maximum Gasteiger partial charge on any atom is 0.265 e. The number of rotatable bonds is 3. The third kappa shape index (κ3) is 3.63. The number of hydrogen-bond acceptors (Lipinski definition) is 2. The first kappa shape index (κ1) is 17.9. The average Bonchev–Trinajstić information content (AvgIpc) is 3.40. The highest BCUT2D eigenvalue weighted by molar-refractivity contribution is 5.55. The number of aromatic nitrogens is 1. The second kappa shape index (κ2) is 7.62. The van der Waals surface area contributed by atoms with Gasteiger partial charge in [0, 0.05) is 24.5 Å². The van der Waals surface area contributed by atoms with E-state index in [4.69, 9.17) is 11.3 Å². The zero-order valence-electron chi connectivity index (χ0n) is 15.6. The van der Waals surface area contributed by atoms with Crippen LogP contribution in [0.5, 0.6) is 0 Å². The summed E-state index contributed by atoms with van der Waals surface area (Å²) in [6.07, 6.45) is 14.7. The van der Waals surface area contributed by atoms with Crippen molar-refractivity contribution in [1.29, 1.82) is 5.26 Å². The van der Waals surface area contributed by atoms with Gasteiger partial charge in [-0.3, -0.25) is 0 Å². The smallest absolute Gasteiger partial charge is 0.265 e. The molecule has 0 amide bonds. The van der Waals surface area contributed by atoms with Gasteiger partial charge in [-0.15, -0.1) is 0 Å². The standard InChI is InChI=1S/C24H21N3O/c1-26-23(18-25)20-16-22(28-24(17-20)12-2-3-13-24)11-8-19-6-9-21(10-7-19)27-14-4-5-15-27/h4-11,14-16H,2-3,12-13,17H2/b11-8+,23-20+. The lowest BCUT2D eigenvalue weighted by Gasteiger charge is -2.35. The average molecular weight is 367 g/mol. The number of nitriles is 1. The molecule has 28 heavy (non-hydrogen) atoms. The summed E-state index contributed by atoms with van der Waals surface area (Å²) in [4.78, 5) is 3.41. The molecule has 1 fully saturated rings. The Kier molecular flexibility index (Phi) is 4.87. The summed E-state index contributed by atoms with van der Waals surface area (Å²) in [7, 11) is 0. The molecule has 4 nitrogen and oxygen atoms in total. The van der Waals surface area contributed by atoms with Crippen LogP contribution in [0.25, 0.3) is 16.6 Å². The van der Waals surface area contributed by atoms with Gasteiger partial charge in [0.25, 0.3) is 5.70 Å². The van der Waals surface area contributed by atoms with Crippen LogP contribution in [0.15, 0.2) is 78.0 Å². The van der Waals surface area contributed by atoms with Gasteiger partial charge in [-0.25, -0.2) is 10.1 Å². The number of allylic oxidation sites excluding steroid dienone is 3. The van der Waals surface area contributed by atoms with Crippen LogP contribution in [0.2, 0.25) is 0 Å². The fourth-order valence-corrected chi connectivity index (χ4v) is 4.03. The minimum atomic E-state index is -0.255. The van der Waals surface area contributed by atoms with Gasteiger partial charge < -0.3 is 9.30 Å². The van der Waals surface area contributed by atoms with E-state index in [1.165, 1.54) is 0 Å². The number of ether oxygens (including phenoxy) is 1. The van der Waals surface area contributed by atoms with Gasteiger partial charge in [-0.2, -0.15) is 0 Å². The molecule has 0 saturated heterocycles. The van der Waals surface area contributed by atoms with Gasteiger partial charge in [-0.1, -0.05) is 18.2 Å². The monoisotopic (exact) mass is 367 g/mol. The van der Waals surface area contributed by atoms with Crippen LogP contribution in [-0.2, 0) is 4.74 Å². The van der Waals surface area contributed by atoms with E-state index in [1.54, 1.807) is 0 Å². The van der Waals surface area contributed by atoms with Crippen molar-refractivity contribution >= 4 is 6.08 Å². The summed E-state index contributed by atoms with van der Waals surface area (Å²) in [6.45, 7) is 7.29. The molecule has 0 unspecified atom stereocenters. The van der Waals surface area contributed by atoms with Crippen molar-refractivity contribution in [2.24, 2.45) is 0 Å². The molecular weight excluding hydrogens is 346 g/mol. The highest BCUT2D eigenvalue weighted by Crippen LogP contribution is 2.44. The Bertz CT molecular complexity index is 1000. The molecule has 2 aliphatic rings. The van der Waals surface area contributed by atoms with Crippen molar-refractivity contribution in [2.75, 3.05) is 0 Å². The summed E-state index contributed by atoms with van der Waals surface area (Å²) in [5, 5.41) is 9.30. The molecule has 1 aliphatic carbocycles. The molecule has 1 aromatic heterocycles. The normalized spacial score (nSPS) is 19.7. The lowest BCUT2D eigenvalue weighted by Crippen LogP contribution is -2.31. The molecule has 4 rings (SSSR count). The second-order valence-corrected chi connectivity index (χ2v) is 7.33. The van der Waals surface area contributed by atoms with Gasteiger partial charge >= 0.3 is 0 Å². The summed E-state index contributed by atoms with van der Waals surface area (Å²) in [5.74, 6) is 0.731. The summed E-state index contributed by atoms with van der Waals surface area (Å²) in [5.41, 5.74) is 2.91. The third-order valence-corrected chi connectivity index (χ3v) is 5.44. The zero-order valence-corrected chi connectivity index (χ0v) is 15.6.